The Kier molecular flexibility index (Phi) is 8.65. The number of likely N-dealkylation sites (N-methyl/N-ethyl adjacent to an activating group) is 1. The Morgan fingerprint density at radius 3 is 2.27 bits per heavy atom. The lowest BCUT2D eigenvalue weighted by molar-refractivity contribution is -0.150. The largest absolute Gasteiger partial charge is 0.454 e. The monoisotopic (exact) mass is 380 g/mol. The number of carbonyl (C=O) groups excluding carboxylic acids is 3. The highest BCUT2D eigenvalue weighted by atomic mass is 32.2. The molecule has 0 fully saturated rings. The molecule has 6 nitrogen and oxygen atoms in total. The van der Waals surface area contributed by atoms with Gasteiger partial charge in [-0.25, -0.2) is 4.79 Å². The van der Waals surface area contributed by atoms with Gasteiger partial charge in [0.1, 0.15) is 6.04 Å². The fourth-order valence-corrected chi connectivity index (χ4v) is 2.63. The molecule has 144 valence electrons. The molecule has 0 aliphatic heterocycles. The summed E-state index contributed by atoms with van der Waals surface area (Å²) in [5, 5.41) is 5.09. The highest BCUT2D eigenvalue weighted by Crippen LogP contribution is 2.22. The van der Waals surface area contributed by atoms with Crippen LogP contribution in [0.4, 0.5) is 0 Å². The first kappa shape index (κ1) is 22.0. The van der Waals surface area contributed by atoms with Crippen LogP contribution in [0.5, 0.6) is 0 Å². The molecule has 0 spiro atoms. The summed E-state index contributed by atoms with van der Waals surface area (Å²) < 4.78 is 4.98. The Hall–Kier alpha value is -2.02. The first-order valence-corrected chi connectivity index (χ1v) is 9.86. The van der Waals surface area contributed by atoms with E-state index in [1.807, 2.05) is 18.4 Å². The molecule has 2 N–H and O–H groups in total. The minimum absolute atomic E-state index is 0.000449. The maximum absolute atomic E-state index is 12.5. The molecule has 0 unspecified atom stereocenters. The minimum atomic E-state index is -0.790. The standard InChI is InChI=1S/C19H28N2O4S/c1-19(2,3)14-8-6-13(7-9-14)17(23)21-15(10-11-26-5)18(24)25-12-16(22)20-4/h6-9,15H,10-12H2,1-5H3,(H,20,22)(H,21,23)/t15-/m1/s1. The normalized spacial score (nSPS) is 12.2. The molecular weight excluding hydrogens is 352 g/mol. The van der Waals surface area contributed by atoms with Crippen LogP contribution in [-0.4, -0.2) is 49.5 Å². The topological polar surface area (TPSA) is 84.5 Å². The average Bonchev–Trinajstić information content (AvgIpc) is 2.61. The number of carbonyl (C=O) groups is 3. The molecule has 0 aliphatic rings. The van der Waals surface area contributed by atoms with Gasteiger partial charge in [0.05, 0.1) is 0 Å². The van der Waals surface area contributed by atoms with Gasteiger partial charge in [-0.2, -0.15) is 11.8 Å². The van der Waals surface area contributed by atoms with E-state index in [0.717, 1.165) is 5.56 Å². The highest BCUT2D eigenvalue weighted by Gasteiger charge is 2.23. The van der Waals surface area contributed by atoms with Crippen LogP contribution < -0.4 is 10.6 Å². The van der Waals surface area contributed by atoms with Crippen molar-refractivity contribution in [1.82, 2.24) is 10.6 Å². The summed E-state index contributed by atoms with van der Waals surface area (Å²) >= 11 is 1.57. The van der Waals surface area contributed by atoms with Crippen LogP contribution in [-0.2, 0) is 19.7 Å². The third-order valence-electron chi connectivity index (χ3n) is 3.84. The van der Waals surface area contributed by atoms with Crippen molar-refractivity contribution in [1.29, 1.82) is 0 Å². The number of ether oxygens (including phenoxy) is 1. The fraction of sp³-hybridized carbons (Fsp3) is 0.526. The maximum Gasteiger partial charge on any atom is 0.329 e. The molecule has 1 atom stereocenters. The lowest BCUT2D eigenvalue weighted by atomic mass is 9.86. The van der Waals surface area contributed by atoms with Crippen LogP contribution in [0, 0.1) is 0 Å². The molecule has 0 bridgehead atoms. The number of thioether (sulfide) groups is 1. The molecule has 0 aliphatic carbocycles. The number of benzene rings is 1. The first-order valence-electron chi connectivity index (χ1n) is 8.46. The van der Waals surface area contributed by atoms with Crippen LogP contribution >= 0.6 is 11.8 Å². The van der Waals surface area contributed by atoms with Crippen LogP contribution in [0.1, 0.15) is 43.1 Å². The van der Waals surface area contributed by atoms with Crippen molar-refractivity contribution in [2.24, 2.45) is 0 Å². The average molecular weight is 381 g/mol. The predicted molar refractivity (Wildman–Crippen MR) is 104 cm³/mol. The Balaban J connectivity index is 2.78. The van der Waals surface area contributed by atoms with Crippen molar-refractivity contribution >= 4 is 29.5 Å². The highest BCUT2D eigenvalue weighted by molar-refractivity contribution is 7.98. The zero-order chi connectivity index (χ0) is 19.7. The van der Waals surface area contributed by atoms with E-state index in [-0.39, 0.29) is 17.9 Å². The Labute approximate surface area is 159 Å². The summed E-state index contributed by atoms with van der Waals surface area (Å²) in [4.78, 5) is 35.9. The van der Waals surface area contributed by atoms with Gasteiger partial charge in [-0.1, -0.05) is 32.9 Å². The van der Waals surface area contributed by atoms with Crippen molar-refractivity contribution in [3.05, 3.63) is 35.4 Å². The van der Waals surface area contributed by atoms with Crippen molar-refractivity contribution in [3.63, 3.8) is 0 Å². The van der Waals surface area contributed by atoms with E-state index in [1.165, 1.54) is 7.05 Å². The van der Waals surface area contributed by atoms with Gasteiger partial charge >= 0.3 is 5.97 Å². The fourth-order valence-electron chi connectivity index (χ4n) is 2.16. The van der Waals surface area contributed by atoms with Gasteiger partial charge in [0.25, 0.3) is 11.8 Å². The van der Waals surface area contributed by atoms with E-state index >= 15 is 0 Å². The minimum Gasteiger partial charge on any atom is -0.454 e. The number of amides is 2. The maximum atomic E-state index is 12.5. The van der Waals surface area contributed by atoms with E-state index in [9.17, 15) is 14.4 Å². The number of esters is 1. The molecule has 1 rings (SSSR count). The molecule has 0 saturated carbocycles. The Morgan fingerprint density at radius 2 is 1.77 bits per heavy atom. The zero-order valence-corrected chi connectivity index (χ0v) is 16.9. The summed E-state index contributed by atoms with van der Waals surface area (Å²) in [6, 6.07) is 6.53. The van der Waals surface area contributed by atoms with Gasteiger partial charge in [0, 0.05) is 12.6 Å². The van der Waals surface area contributed by atoms with Crippen LogP contribution in [0.15, 0.2) is 24.3 Å². The predicted octanol–water partition coefficient (Wildman–Crippen LogP) is 2.12. The number of hydrogen-bond donors (Lipinski definition) is 2. The quantitative estimate of drug-likeness (QED) is 0.675. The summed E-state index contributed by atoms with van der Waals surface area (Å²) in [6.07, 6.45) is 2.35. The van der Waals surface area contributed by atoms with Crippen LogP contribution in [0.3, 0.4) is 0 Å². The number of nitrogens with one attached hydrogen (secondary N) is 2. The van der Waals surface area contributed by atoms with Crippen LogP contribution in [0.2, 0.25) is 0 Å². The van der Waals surface area contributed by atoms with E-state index in [4.69, 9.17) is 4.74 Å². The second-order valence-electron chi connectivity index (χ2n) is 6.92. The molecule has 1 aromatic rings. The second kappa shape index (κ2) is 10.2. The van der Waals surface area contributed by atoms with Gasteiger partial charge in [-0.05, 0) is 41.5 Å². The van der Waals surface area contributed by atoms with Crippen molar-refractivity contribution in [2.45, 2.75) is 38.6 Å². The van der Waals surface area contributed by atoms with E-state index in [1.54, 1.807) is 23.9 Å². The molecule has 0 saturated heterocycles. The Morgan fingerprint density at radius 1 is 1.15 bits per heavy atom. The Bertz CT molecular complexity index is 623. The van der Waals surface area contributed by atoms with Gasteiger partial charge in [0.15, 0.2) is 6.61 Å². The summed E-state index contributed by atoms with van der Waals surface area (Å²) in [5.74, 6) is -0.662. The summed E-state index contributed by atoms with van der Waals surface area (Å²) in [5.41, 5.74) is 1.60. The molecular formula is C19H28N2O4S. The van der Waals surface area contributed by atoms with Gasteiger partial charge in [-0.15, -0.1) is 0 Å². The zero-order valence-electron chi connectivity index (χ0n) is 16.0. The van der Waals surface area contributed by atoms with Crippen LogP contribution in [0.25, 0.3) is 0 Å². The lowest BCUT2D eigenvalue weighted by Gasteiger charge is -2.20. The van der Waals surface area contributed by atoms with Gasteiger partial charge in [-0.3, -0.25) is 9.59 Å². The smallest absolute Gasteiger partial charge is 0.329 e. The number of rotatable bonds is 8. The molecule has 26 heavy (non-hydrogen) atoms. The summed E-state index contributed by atoms with van der Waals surface area (Å²) in [6.45, 7) is 5.94. The first-order chi connectivity index (χ1) is 12.2. The van der Waals surface area contributed by atoms with Crippen molar-refractivity contribution in [2.75, 3.05) is 25.7 Å². The third kappa shape index (κ3) is 7.07. The van der Waals surface area contributed by atoms with Crippen molar-refractivity contribution < 1.29 is 19.1 Å². The summed E-state index contributed by atoms with van der Waals surface area (Å²) in [7, 11) is 1.46. The molecule has 0 aromatic heterocycles. The molecule has 7 heteroatoms. The SMILES string of the molecule is CNC(=O)COC(=O)[C@@H](CCSC)NC(=O)c1ccc(C(C)(C)C)cc1. The van der Waals surface area contributed by atoms with E-state index in [2.05, 4.69) is 31.4 Å². The second-order valence-corrected chi connectivity index (χ2v) is 7.90. The van der Waals surface area contributed by atoms with E-state index in [0.29, 0.717) is 17.7 Å². The molecule has 1 aromatic carbocycles. The third-order valence-corrected chi connectivity index (χ3v) is 4.48. The van der Waals surface area contributed by atoms with Gasteiger partial charge < -0.3 is 15.4 Å². The molecule has 0 heterocycles. The van der Waals surface area contributed by atoms with Gasteiger partial charge in [0.2, 0.25) is 0 Å². The lowest BCUT2D eigenvalue weighted by Crippen LogP contribution is -2.43. The number of hydrogen-bond acceptors (Lipinski definition) is 5. The van der Waals surface area contributed by atoms with Crippen molar-refractivity contribution in [3.8, 4) is 0 Å². The molecule has 2 amide bonds. The van der Waals surface area contributed by atoms with E-state index < -0.39 is 17.9 Å². The molecule has 0 radical (unpaired) electrons.